The lowest BCUT2D eigenvalue weighted by atomic mass is 10.1. The van der Waals surface area contributed by atoms with E-state index in [1.54, 1.807) is 6.92 Å². The molecule has 2 amide bonds. The first kappa shape index (κ1) is 35.3. The normalized spacial score (nSPS) is 11.9. The molecular formula is C32H39ClN4O7S. The van der Waals surface area contributed by atoms with Crippen LogP contribution in [0.4, 0.5) is 11.4 Å². The summed E-state index contributed by atoms with van der Waals surface area (Å²) in [7, 11) is -3.27. The van der Waals surface area contributed by atoms with Gasteiger partial charge >= 0.3 is 0 Å². The number of ether oxygens (including phenoxy) is 1. The van der Waals surface area contributed by atoms with Crippen LogP contribution in [0, 0.1) is 24.0 Å². The van der Waals surface area contributed by atoms with Crippen LogP contribution in [0.3, 0.4) is 0 Å². The highest BCUT2D eigenvalue weighted by Gasteiger charge is 2.35. The van der Waals surface area contributed by atoms with E-state index in [2.05, 4.69) is 5.32 Å². The molecule has 1 atom stereocenters. The number of sulfonamides is 1. The van der Waals surface area contributed by atoms with Gasteiger partial charge in [-0.25, -0.2) is 8.42 Å². The van der Waals surface area contributed by atoms with Crippen molar-refractivity contribution in [3.05, 3.63) is 92.5 Å². The lowest BCUT2D eigenvalue weighted by Gasteiger charge is -2.33. The number of nitrogens with one attached hydrogen (secondary N) is 1. The highest BCUT2D eigenvalue weighted by atomic mass is 35.5. The number of amides is 2. The van der Waals surface area contributed by atoms with Crippen LogP contribution in [0.15, 0.2) is 65.6 Å². The largest absolute Gasteiger partial charge is 0.495 e. The first-order chi connectivity index (χ1) is 21.3. The van der Waals surface area contributed by atoms with Crippen LogP contribution in [-0.4, -0.2) is 56.3 Å². The summed E-state index contributed by atoms with van der Waals surface area (Å²) >= 11 is 6.28. The Balaban J connectivity index is 2.16. The van der Waals surface area contributed by atoms with Crippen molar-refractivity contribution in [2.75, 3.05) is 24.5 Å². The van der Waals surface area contributed by atoms with Crippen molar-refractivity contribution >= 4 is 44.8 Å². The number of nitrogens with zero attached hydrogens (tertiary/aromatic N) is 3. The molecule has 45 heavy (non-hydrogen) atoms. The average molecular weight is 659 g/mol. The maximum atomic E-state index is 14.3. The first-order valence-corrected chi connectivity index (χ1v) is 16.4. The molecule has 11 nitrogen and oxygen atoms in total. The number of anilines is 1. The Hall–Kier alpha value is -4.16. The van der Waals surface area contributed by atoms with E-state index in [0.717, 1.165) is 34.3 Å². The van der Waals surface area contributed by atoms with Crippen molar-refractivity contribution in [2.45, 2.75) is 64.4 Å². The van der Waals surface area contributed by atoms with Gasteiger partial charge in [0.15, 0.2) is 0 Å². The zero-order valence-corrected chi connectivity index (χ0v) is 27.7. The Labute approximate surface area is 269 Å². The van der Waals surface area contributed by atoms with Crippen LogP contribution in [0.2, 0.25) is 5.02 Å². The number of nitro groups is 1. The molecular weight excluding hydrogens is 620 g/mol. The molecule has 0 radical (unpaired) electrons. The molecule has 0 aliphatic carbocycles. The molecule has 0 aliphatic heterocycles. The third-order valence-corrected chi connectivity index (χ3v) is 9.33. The van der Waals surface area contributed by atoms with Crippen LogP contribution >= 0.6 is 11.6 Å². The molecule has 1 N–H and O–H groups in total. The monoisotopic (exact) mass is 658 g/mol. The highest BCUT2D eigenvalue weighted by molar-refractivity contribution is 7.92. The minimum Gasteiger partial charge on any atom is -0.495 e. The Morgan fingerprint density at radius 2 is 1.73 bits per heavy atom. The fourth-order valence-electron chi connectivity index (χ4n) is 4.76. The summed E-state index contributed by atoms with van der Waals surface area (Å²) in [6.45, 7) is 6.93. The summed E-state index contributed by atoms with van der Waals surface area (Å²) < 4.78 is 34.8. The van der Waals surface area contributed by atoms with Gasteiger partial charge in [0.2, 0.25) is 11.8 Å². The first-order valence-electron chi connectivity index (χ1n) is 14.6. The number of hydrogen-bond donors (Lipinski definition) is 1. The van der Waals surface area contributed by atoms with Gasteiger partial charge in [0.25, 0.3) is 15.7 Å². The van der Waals surface area contributed by atoms with Crippen molar-refractivity contribution < 1.29 is 27.7 Å². The van der Waals surface area contributed by atoms with Crippen molar-refractivity contribution in [3.8, 4) is 5.75 Å². The minimum absolute atomic E-state index is 0.0371. The molecule has 3 aromatic rings. The molecule has 0 spiro atoms. The Morgan fingerprint density at radius 3 is 2.33 bits per heavy atom. The predicted octanol–water partition coefficient (Wildman–Crippen LogP) is 5.79. The second-order valence-corrected chi connectivity index (χ2v) is 12.9. The summed E-state index contributed by atoms with van der Waals surface area (Å²) in [6.07, 6.45) is 1.90. The lowest BCUT2D eigenvalue weighted by molar-refractivity contribution is -0.385. The van der Waals surface area contributed by atoms with E-state index in [0.29, 0.717) is 6.54 Å². The van der Waals surface area contributed by atoms with Crippen LogP contribution in [0.25, 0.3) is 0 Å². The number of carbonyl (C=O) groups is 2. The lowest BCUT2D eigenvalue weighted by Crippen LogP contribution is -2.52. The maximum Gasteiger partial charge on any atom is 0.273 e. The topological polar surface area (TPSA) is 139 Å². The maximum absolute atomic E-state index is 14.3. The smallest absolute Gasteiger partial charge is 0.273 e. The number of nitro benzene ring substituents is 1. The molecule has 0 saturated heterocycles. The van der Waals surface area contributed by atoms with Crippen molar-refractivity contribution in [1.29, 1.82) is 0 Å². The number of aryl methyl sites for hydroxylation is 2. The number of hydrogen-bond acceptors (Lipinski definition) is 7. The van der Waals surface area contributed by atoms with E-state index in [-0.39, 0.29) is 40.9 Å². The number of unbranched alkanes of at least 4 members (excludes halogenated alkanes) is 1. The Kier molecular flexibility index (Phi) is 12.3. The summed E-state index contributed by atoms with van der Waals surface area (Å²) in [5.41, 5.74) is 1.59. The number of halogens is 1. The number of rotatable bonds is 15. The van der Waals surface area contributed by atoms with E-state index < -0.39 is 44.0 Å². The molecule has 0 heterocycles. The molecule has 0 aliphatic rings. The molecule has 0 fully saturated rings. The predicted molar refractivity (Wildman–Crippen MR) is 174 cm³/mol. The standard InChI is InChI=1S/C32H39ClN4O7S/c1-6-8-17-34-32(39)27(7-2)35(20-24-12-9-22(3)10-13-24)31(38)21-36(29-18-25(33)14-16-30(29)44-5)45(42,43)26-15-11-23(4)28(19-26)37(40)41/h9-16,18-19,27H,6-8,17,20-21H2,1-5H3,(H,34,39)/t27-/m0/s1. The number of carbonyl (C=O) groups excluding carboxylic acids is 2. The summed E-state index contributed by atoms with van der Waals surface area (Å²) in [6, 6.07) is 14.4. The van der Waals surface area contributed by atoms with Crippen molar-refractivity contribution in [3.63, 3.8) is 0 Å². The molecule has 0 aromatic heterocycles. The third kappa shape index (κ3) is 8.73. The molecule has 242 valence electrons. The average Bonchev–Trinajstić information content (AvgIpc) is 3.00. The van der Waals surface area contributed by atoms with Crippen molar-refractivity contribution in [1.82, 2.24) is 10.2 Å². The fraction of sp³-hybridized carbons (Fsp3) is 0.375. The zero-order valence-electron chi connectivity index (χ0n) is 26.1. The summed E-state index contributed by atoms with van der Waals surface area (Å²) in [5, 5.41) is 14.7. The highest BCUT2D eigenvalue weighted by Crippen LogP contribution is 2.36. The molecule has 0 bridgehead atoms. The molecule has 0 unspecified atom stereocenters. The SMILES string of the molecule is CCCCNC(=O)[C@H](CC)N(Cc1ccc(C)cc1)C(=O)CN(c1cc(Cl)ccc1OC)S(=O)(=O)c1ccc(C)c([N+](=O)[O-])c1. The van der Waals surface area contributed by atoms with Gasteiger partial charge in [0.1, 0.15) is 18.3 Å². The van der Waals surface area contributed by atoms with Gasteiger partial charge in [-0.3, -0.25) is 24.0 Å². The van der Waals surface area contributed by atoms with Crippen LogP contribution < -0.4 is 14.4 Å². The van der Waals surface area contributed by atoms with E-state index in [9.17, 15) is 28.1 Å². The minimum atomic E-state index is -4.61. The van der Waals surface area contributed by atoms with E-state index in [1.807, 2.05) is 38.1 Å². The van der Waals surface area contributed by atoms with Crippen molar-refractivity contribution in [2.24, 2.45) is 0 Å². The molecule has 3 rings (SSSR count). The van der Waals surface area contributed by atoms with Gasteiger partial charge in [0.05, 0.1) is 22.6 Å². The molecule has 3 aromatic carbocycles. The van der Waals surface area contributed by atoms with Gasteiger partial charge in [-0.05, 0) is 56.5 Å². The molecule has 0 saturated carbocycles. The van der Waals surface area contributed by atoms with Crippen LogP contribution in [0.5, 0.6) is 5.75 Å². The zero-order chi connectivity index (χ0) is 33.3. The van der Waals surface area contributed by atoms with E-state index >= 15 is 0 Å². The number of benzene rings is 3. The van der Waals surface area contributed by atoms with Gasteiger partial charge < -0.3 is 15.0 Å². The van der Waals surface area contributed by atoms with Gasteiger partial charge in [0, 0.05) is 29.7 Å². The number of methoxy groups -OCH3 is 1. The quantitative estimate of drug-likeness (QED) is 0.124. The second kappa shape index (κ2) is 15.7. The van der Waals surface area contributed by atoms with Crippen LogP contribution in [0.1, 0.15) is 49.8 Å². The van der Waals surface area contributed by atoms with E-state index in [4.69, 9.17) is 16.3 Å². The van der Waals surface area contributed by atoms with E-state index in [1.165, 1.54) is 49.3 Å². The van der Waals surface area contributed by atoms with Crippen LogP contribution in [-0.2, 0) is 26.2 Å². The van der Waals surface area contributed by atoms with Gasteiger partial charge in [-0.2, -0.15) is 0 Å². The second-order valence-electron chi connectivity index (χ2n) is 10.6. The van der Waals surface area contributed by atoms with Gasteiger partial charge in [-0.1, -0.05) is 67.8 Å². The van der Waals surface area contributed by atoms with Gasteiger partial charge in [-0.15, -0.1) is 0 Å². The summed E-state index contributed by atoms with van der Waals surface area (Å²) in [4.78, 5) is 39.6. The Bertz CT molecular complexity index is 1630. The Morgan fingerprint density at radius 1 is 1.04 bits per heavy atom. The third-order valence-electron chi connectivity index (χ3n) is 7.34. The summed E-state index contributed by atoms with van der Waals surface area (Å²) in [5.74, 6) is -0.914. The molecule has 13 heteroatoms. The fourth-order valence-corrected chi connectivity index (χ4v) is 6.36.